The van der Waals surface area contributed by atoms with Crippen LogP contribution < -0.4 is 10.9 Å². The van der Waals surface area contributed by atoms with Crippen molar-refractivity contribution < 1.29 is 9.53 Å². The topological polar surface area (TPSA) is 73.2 Å². The molecule has 0 atom stereocenters. The lowest BCUT2D eigenvalue weighted by Crippen LogP contribution is -2.21. The van der Waals surface area contributed by atoms with Gasteiger partial charge in [-0.15, -0.1) is 0 Å². The predicted octanol–water partition coefficient (Wildman–Crippen LogP) is 4.81. The lowest BCUT2D eigenvalue weighted by molar-refractivity contribution is 0.155. The number of hydrogen-bond donors (Lipinski definition) is 1. The molecule has 0 spiro atoms. The normalized spacial score (nSPS) is 10.8. The van der Waals surface area contributed by atoms with Crippen molar-refractivity contribution in [3.05, 3.63) is 106 Å². The molecule has 0 aliphatic rings. The maximum absolute atomic E-state index is 13.0. The van der Waals surface area contributed by atoms with Gasteiger partial charge < -0.3 is 4.74 Å². The lowest BCUT2D eigenvalue weighted by atomic mass is 10.1. The summed E-state index contributed by atoms with van der Waals surface area (Å²) < 4.78 is 6.82. The fourth-order valence-corrected chi connectivity index (χ4v) is 3.32. The molecule has 156 valence electrons. The molecular weight excluding hydrogens is 390 g/mol. The maximum atomic E-state index is 13.0. The van der Waals surface area contributed by atoms with Crippen LogP contribution in [0.1, 0.15) is 22.3 Å². The standard InChI is InChI=1S/C25H23N3O3/c1-17-8-9-20(12-18(17)2)14-28-16-26-23-11-10-21(13-22(23)24(28)29)27-25(30)31-15-19-6-4-3-5-7-19/h3-13,16H,14-15H2,1-2H3,(H,27,30). The van der Waals surface area contributed by atoms with Crippen LogP contribution in [-0.2, 0) is 17.9 Å². The molecule has 6 nitrogen and oxygen atoms in total. The van der Waals surface area contributed by atoms with E-state index in [4.69, 9.17) is 4.74 Å². The van der Waals surface area contributed by atoms with Gasteiger partial charge in [0.1, 0.15) is 6.61 Å². The molecule has 0 saturated carbocycles. The SMILES string of the molecule is Cc1ccc(Cn2cnc3ccc(NC(=O)OCc4ccccc4)cc3c2=O)cc1C. The van der Waals surface area contributed by atoms with Crippen molar-refractivity contribution in [2.24, 2.45) is 0 Å². The van der Waals surface area contributed by atoms with Gasteiger partial charge in [-0.1, -0.05) is 48.5 Å². The number of ether oxygens (including phenoxy) is 1. The second-order valence-electron chi connectivity index (χ2n) is 7.51. The van der Waals surface area contributed by atoms with E-state index in [0.29, 0.717) is 23.1 Å². The van der Waals surface area contributed by atoms with Gasteiger partial charge in [0.2, 0.25) is 0 Å². The molecule has 0 fully saturated rings. The van der Waals surface area contributed by atoms with E-state index in [1.165, 1.54) is 11.1 Å². The predicted molar refractivity (Wildman–Crippen MR) is 121 cm³/mol. The highest BCUT2D eigenvalue weighted by Gasteiger charge is 2.09. The molecule has 0 saturated heterocycles. The number of aromatic nitrogens is 2. The van der Waals surface area contributed by atoms with E-state index in [-0.39, 0.29) is 12.2 Å². The van der Waals surface area contributed by atoms with Crippen molar-refractivity contribution in [1.82, 2.24) is 9.55 Å². The van der Waals surface area contributed by atoms with Crippen molar-refractivity contribution in [3.8, 4) is 0 Å². The van der Waals surface area contributed by atoms with Gasteiger partial charge >= 0.3 is 6.09 Å². The fraction of sp³-hybridized carbons (Fsp3) is 0.160. The van der Waals surface area contributed by atoms with Gasteiger partial charge in [-0.3, -0.25) is 14.7 Å². The van der Waals surface area contributed by atoms with Crippen LogP contribution in [-0.4, -0.2) is 15.6 Å². The Balaban J connectivity index is 1.52. The summed E-state index contributed by atoms with van der Waals surface area (Å²) in [4.78, 5) is 29.5. The number of benzene rings is 3. The summed E-state index contributed by atoms with van der Waals surface area (Å²) >= 11 is 0. The van der Waals surface area contributed by atoms with Crippen LogP contribution >= 0.6 is 0 Å². The number of carbonyl (C=O) groups excluding carboxylic acids is 1. The van der Waals surface area contributed by atoms with Crippen molar-refractivity contribution in [3.63, 3.8) is 0 Å². The van der Waals surface area contributed by atoms with Crippen LogP contribution in [0.2, 0.25) is 0 Å². The number of fused-ring (bicyclic) bond motifs is 1. The first-order valence-electron chi connectivity index (χ1n) is 10.0. The summed E-state index contributed by atoms with van der Waals surface area (Å²) in [6.07, 6.45) is 0.976. The summed E-state index contributed by atoms with van der Waals surface area (Å²) in [6.45, 7) is 4.71. The molecule has 3 aromatic carbocycles. The third-order valence-corrected chi connectivity index (χ3v) is 5.21. The van der Waals surface area contributed by atoms with E-state index in [1.54, 1.807) is 29.1 Å². The fourth-order valence-electron chi connectivity index (χ4n) is 3.32. The zero-order valence-corrected chi connectivity index (χ0v) is 17.5. The summed E-state index contributed by atoms with van der Waals surface area (Å²) in [5.41, 5.74) is 5.21. The van der Waals surface area contributed by atoms with Gasteiger partial charge in [-0.2, -0.15) is 0 Å². The lowest BCUT2D eigenvalue weighted by Gasteiger charge is -2.10. The first kappa shape index (κ1) is 20.3. The van der Waals surface area contributed by atoms with Crippen LogP contribution in [0.15, 0.2) is 77.9 Å². The third kappa shape index (κ3) is 4.80. The number of amides is 1. The van der Waals surface area contributed by atoms with Gasteiger partial charge in [-0.05, 0) is 54.3 Å². The van der Waals surface area contributed by atoms with E-state index in [1.807, 2.05) is 42.5 Å². The highest BCUT2D eigenvalue weighted by atomic mass is 16.5. The summed E-state index contributed by atoms with van der Waals surface area (Å²) in [7, 11) is 0. The molecule has 1 N–H and O–H groups in total. The summed E-state index contributed by atoms with van der Waals surface area (Å²) in [5.74, 6) is 0. The van der Waals surface area contributed by atoms with Crippen LogP contribution in [0.3, 0.4) is 0 Å². The number of hydrogen-bond acceptors (Lipinski definition) is 4. The highest BCUT2D eigenvalue weighted by Crippen LogP contribution is 2.16. The number of aryl methyl sites for hydroxylation is 2. The number of nitrogens with zero attached hydrogens (tertiary/aromatic N) is 2. The van der Waals surface area contributed by atoms with E-state index < -0.39 is 6.09 Å². The smallest absolute Gasteiger partial charge is 0.411 e. The third-order valence-electron chi connectivity index (χ3n) is 5.21. The molecule has 6 heteroatoms. The molecule has 0 aliphatic heterocycles. The Morgan fingerprint density at radius 3 is 2.55 bits per heavy atom. The second-order valence-corrected chi connectivity index (χ2v) is 7.51. The highest BCUT2D eigenvalue weighted by molar-refractivity contribution is 5.89. The minimum atomic E-state index is -0.581. The van der Waals surface area contributed by atoms with E-state index >= 15 is 0 Å². The zero-order valence-electron chi connectivity index (χ0n) is 17.5. The molecule has 0 radical (unpaired) electrons. The molecule has 4 aromatic rings. The molecule has 1 aromatic heterocycles. The minimum Gasteiger partial charge on any atom is -0.444 e. The van der Waals surface area contributed by atoms with Crippen LogP contribution in [0.25, 0.3) is 10.9 Å². The maximum Gasteiger partial charge on any atom is 0.411 e. The number of nitrogens with one attached hydrogen (secondary N) is 1. The molecule has 1 amide bonds. The quantitative estimate of drug-likeness (QED) is 0.510. The van der Waals surface area contributed by atoms with Crippen molar-refractivity contribution in [1.29, 1.82) is 0 Å². The van der Waals surface area contributed by atoms with E-state index in [9.17, 15) is 9.59 Å². The summed E-state index contributed by atoms with van der Waals surface area (Å²) in [6, 6.07) is 20.6. The van der Waals surface area contributed by atoms with Crippen molar-refractivity contribution >= 4 is 22.7 Å². The molecule has 0 bridgehead atoms. The minimum absolute atomic E-state index is 0.162. The Morgan fingerprint density at radius 2 is 1.77 bits per heavy atom. The Labute approximate surface area is 180 Å². The molecule has 0 aliphatic carbocycles. The van der Waals surface area contributed by atoms with Crippen molar-refractivity contribution in [2.75, 3.05) is 5.32 Å². The van der Waals surface area contributed by atoms with Crippen LogP contribution in [0.5, 0.6) is 0 Å². The first-order valence-corrected chi connectivity index (χ1v) is 10.0. The zero-order chi connectivity index (χ0) is 21.8. The Morgan fingerprint density at radius 1 is 0.968 bits per heavy atom. The molecule has 1 heterocycles. The Kier molecular flexibility index (Phi) is 5.80. The average molecular weight is 413 g/mol. The largest absolute Gasteiger partial charge is 0.444 e. The molecule has 0 unspecified atom stereocenters. The van der Waals surface area contributed by atoms with Gasteiger partial charge in [0.15, 0.2) is 0 Å². The Bertz CT molecular complexity index is 1300. The first-order chi connectivity index (χ1) is 15.0. The Hall–Kier alpha value is -3.93. The van der Waals surface area contributed by atoms with Gasteiger partial charge in [-0.25, -0.2) is 9.78 Å². The number of carbonyl (C=O) groups is 1. The van der Waals surface area contributed by atoms with Gasteiger partial charge in [0.05, 0.1) is 23.8 Å². The van der Waals surface area contributed by atoms with Gasteiger partial charge in [0, 0.05) is 5.69 Å². The van der Waals surface area contributed by atoms with Crippen molar-refractivity contribution in [2.45, 2.75) is 27.0 Å². The number of rotatable bonds is 5. The average Bonchev–Trinajstić information content (AvgIpc) is 2.78. The van der Waals surface area contributed by atoms with Crippen LogP contribution in [0.4, 0.5) is 10.5 Å². The monoisotopic (exact) mass is 413 g/mol. The molecular formula is C25H23N3O3. The van der Waals surface area contributed by atoms with Gasteiger partial charge in [0.25, 0.3) is 5.56 Å². The van der Waals surface area contributed by atoms with Crippen LogP contribution in [0, 0.1) is 13.8 Å². The molecule has 4 rings (SSSR count). The summed E-state index contributed by atoms with van der Waals surface area (Å²) in [5, 5.41) is 3.11. The number of anilines is 1. The second kappa shape index (κ2) is 8.83. The van der Waals surface area contributed by atoms with E-state index in [0.717, 1.165) is 11.1 Å². The van der Waals surface area contributed by atoms with E-state index in [2.05, 4.69) is 30.2 Å². The molecule has 31 heavy (non-hydrogen) atoms.